The van der Waals surface area contributed by atoms with E-state index in [-0.39, 0.29) is 11.7 Å². The van der Waals surface area contributed by atoms with Gasteiger partial charge in [0.15, 0.2) is 0 Å². The van der Waals surface area contributed by atoms with E-state index in [0.29, 0.717) is 28.5 Å². The van der Waals surface area contributed by atoms with Gasteiger partial charge in [0.05, 0.1) is 6.21 Å². The second-order valence-electron chi connectivity index (χ2n) is 5.69. The maximum atomic E-state index is 13.1. The monoisotopic (exact) mass is 382 g/mol. The molecule has 0 saturated heterocycles. The van der Waals surface area contributed by atoms with E-state index >= 15 is 0 Å². The lowest BCUT2D eigenvalue weighted by Crippen LogP contribution is -2.17. The number of nitrogens with one attached hydrogen (secondary N) is 1. The number of hydrogen-bond donors (Lipinski definition) is 1. The molecule has 0 fully saturated rings. The highest BCUT2D eigenvalue weighted by Gasteiger charge is 2.04. The van der Waals surface area contributed by atoms with Crippen LogP contribution in [0.15, 0.2) is 77.9 Å². The van der Waals surface area contributed by atoms with Crippen LogP contribution >= 0.6 is 11.6 Å². The third kappa shape index (κ3) is 5.66. The number of hydrazone groups is 1. The molecule has 136 valence electrons. The molecule has 3 rings (SSSR count). The van der Waals surface area contributed by atoms with Crippen LogP contribution in [0.1, 0.15) is 21.5 Å². The van der Waals surface area contributed by atoms with Gasteiger partial charge in [-0.2, -0.15) is 5.10 Å². The van der Waals surface area contributed by atoms with Crippen molar-refractivity contribution in [2.75, 3.05) is 0 Å². The molecule has 6 heteroatoms. The van der Waals surface area contributed by atoms with Crippen molar-refractivity contribution in [2.24, 2.45) is 5.10 Å². The van der Waals surface area contributed by atoms with Gasteiger partial charge < -0.3 is 4.74 Å². The number of carbonyl (C=O) groups excluding carboxylic acids is 1. The summed E-state index contributed by atoms with van der Waals surface area (Å²) in [5.74, 6) is -0.0869. The first kappa shape index (κ1) is 18.6. The zero-order valence-electron chi connectivity index (χ0n) is 14.2. The Kier molecular flexibility index (Phi) is 6.18. The maximum absolute atomic E-state index is 13.1. The van der Waals surface area contributed by atoms with Gasteiger partial charge in [-0.1, -0.05) is 35.9 Å². The Bertz CT molecular complexity index is 941. The fourth-order valence-corrected chi connectivity index (χ4v) is 2.39. The van der Waals surface area contributed by atoms with Gasteiger partial charge in [-0.25, -0.2) is 9.82 Å². The van der Waals surface area contributed by atoms with Gasteiger partial charge in [0, 0.05) is 10.6 Å². The van der Waals surface area contributed by atoms with E-state index in [0.717, 1.165) is 5.56 Å². The summed E-state index contributed by atoms with van der Waals surface area (Å²) >= 11 is 5.85. The molecule has 1 N–H and O–H groups in total. The fourth-order valence-electron chi connectivity index (χ4n) is 2.27. The topological polar surface area (TPSA) is 50.7 Å². The molecular formula is C21H16ClFN2O2. The molecule has 0 radical (unpaired) electrons. The van der Waals surface area contributed by atoms with Crippen molar-refractivity contribution in [2.45, 2.75) is 6.61 Å². The molecule has 3 aromatic carbocycles. The molecule has 0 bridgehead atoms. The van der Waals surface area contributed by atoms with Crippen LogP contribution in [0.25, 0.3) is 0 Å². The molecule has 0 aromatic heterocycles. The van der Waals surface area contributed by atoms with Crippen molar-refractivity contribution < 1.29 is 13.9 Å². The van der Waals surface area contributed by atoms with E-state index < -0.39 is 0 Å². The normalized spacial score (nSPS) is 10.7. The lowest BCUT2D eigenvalue weighted by Gasteiger charge is -2.07. The number of hydrogen-bond acceptors (Lipinski definition) is 3. The van der Waals surface area contributed by atoms with Crippen LogP contribution in [0.5, 0.6) is 5.75 Å². The zero-order valence-corrected chi connectivity index (χ0v) is 15.0. The van der Waals surface area contributed by atoms with E-state index in [9.17, 15) is 9.18 Å². The lowest BCUT2D eigenvalue weighted by molar-refractivity contribution is 0.0955. The molecule has 0 atom stereocenters. The summed E-state index contributed by atoms with van der Waals surface area (Å²) in [5, 5.41) is 4.51. The van der Waals surface area contributed by atoms with Gasteiger partial charge in [-0.15, -0.1) is 0 Å². The minimum absolute atomic E-state index is 0.362. The second kappa shape index (κ2) is 8.96. The Hall–Kier alpha value is -3.18. The summed E-state index contributed by atoms with van der Waals surface area (Å²) in [6.07, 6.45) is 1.38. The summed E-state index contributed by atoms with van der Waals surface area (Å²) in [7, 11) is 0. The first-order chi connectivity index (χ1) is 13.1. The van der Waals surface area contributed by atoms with E-state index in [4.69, 9.17) is 16.3 Å². The number of benzene rings is 3. The first-order valence-corrected chi connectivity index (χ1v) is 8.54. The number of amides is 1. The molecule has 1 amide bonds. The summed E-state index contributed by atoms with van der Waals surface area (Å²) < 4.78 is 18.8. The maximum Gasteiger partial charge on any atom is 0.271 e. The average molecular weight is 383 g/mol. The number of rotatable bonds is 6. The molecule has 27 heavy (non-hydrogen) atoms. The number of ether oxygens (including phenoxy) is 1. The molecule has 0 unspecified atom stereocenters. The molecule has 3 aromatic rings. The molecule has 0 spiro atoms. The van der Waals surface area contributed by atoms with Gasteiger partial charge in [0.2, 0.25) is 0 Å². The van der Waals surface area contributed by atoms with Gasteiger partial charge in [0.1, 0.15) is 18.2 Å². The third-order valence-electron chi connectivity index (χ3n) is 3.66. The molecular weight excluding hydrogens is 367 g/mol. The summed E-state index contributed by atoms with van der Waals surface area (Å²) in [5.41, 5.74) is 4.39. The highest BCUT2D eigenvalue weighted by molar-refractivity contribution is 6.30. The minimum Gasteiger partial charge on any atom is -0.489 e. The number of halogens is 2. The van der Waals surface area contributed by atoms with Crippen LogP contribution in [0, 0.1) is 5.82 Å². The molecule has 0 saturated carbocycles. The predicted octanol–water partition coefficient (Wildman–Crippen LogP) is 4.82. The van der Waals surface area contributed by atoms with Crippen molar-refractivity contribution in [1.82, 2.24) is 5.43 Å². The Morgan fingerprint density at radius 2 is 1.81 bits per heavy atom. The van der Waals surface area contributed by atoms with Gasteiger partial charge in [-0.05, 0) is 59.7 Å². The highest BCUT2D eigenvalue weighted by Crippen LogP contribution is 2.15. The van der Waals surface area contributed by atoms with Crippen LogP contribution in [0.3, 0.4) is 0 Å². The van der Waals surface area contributed by atoms with Crippen molar-refractivity contribution in [3.05, 3.63) is 100 Å². The largest absolute Gasteiger partial charge is 0.489 e. The third-order valence-corrected chi connectivity index (χ3v) is 3.92. The lowest BCUT2D eigenvalue weighted by atomic mass is 10.2. The smallest absolute Gasteiger partial charge is 0.271 e. The molecule has 0 aliphatic heterocycles. The Morgan fingerprint density at radius 1 is 1.07 bits per heavy atom. The van der Waals surface area contributed by atoms with Crippen LogP contribution < -0.4 is 10.2 Å². The number of nitrogens with zero attached hydrogens (tertiary/aromatic N) is 1. The fraction of sp³-hybridized carbons (Fsp3) is 0.0476. The van der Waals surface area contributed by atoms with E-state index in [1.807, 2.05) is 12.1 Å². The number of carbonyl (C=O) groups is 1. The molecule has 4 nitrogen and oxygen atoms in total. The van der Waals surface area contributed by atoms with Crippen molar-refractivity contribution in [3.8, 4) is 5.75 Å². The quantitative estimate of drug-likeness (QED) is 0.490. The Balaban J connectivity index is 1.53. The van der Waals surface area contributed by atoms with Gasteiger partial charge in [0.25, 0.3) is 5.91 Å². The second-order valence-corrected chi connectivity index (χ2v) is 6.13. The molecule has 0 aliphatic carbocycles. The van der Waals surface area contributed by atoms with Gasteiger partial charge >= 0.3 is 0 Å². The van der Waals surface area contributed by atoms with Crippen LogP contribution in [0.2, 0.25) is 5.02 Å². The Labute approximate surface area is 161 Å². The predicted molar refractivity (Wildman–Crippen MR) is 104 cm³/mol. The summed E-state index contributed by atoms with van der Waals surface area (Å²) in [4.78, 5) is 12.1. The standard InChI is InChI=1S/C21H16ClFN2O2/c22-18-8-4-15(5-9-18)14-27-20-10-6-17(7-11-20)21(26)25-24-13-16-2-1-3-19(23)12-16/h1-13H,14H2,(H,25,26). The van der Waals surface area contributed by atoms with Crippen LogP contribution in [-0.2, 0) is 6.61 Å². The Morgan fingerprint density at radius 3 is 2.52 bits per heavy atom. The SMILES string of the molecule is O=C(NN=Cc1cccc(F)c1)c1ccc(OCc2ccc(Cl)cc2)cc1. The summed E-state index contributed by atoms with van der Waals surface area (Å²) in [6.45, 7) is 0.403. The first-order valence-electron chi connectivity index (χ1n) is 8.16. The summed E-state index contributed by atoms with van der Waals surface area (Å²) in [6, 6.07) is 20.0. The zero-order chi connectivity index (χ0) is 19.1. The van der Waals surface area contributed by atoms with Crippen LogP contribution in [0.4, 0.5) is 4.39 Å². The minimum atomic E-state index is -0.369. The average Bonchev–Trinajstić information content (AvgIpc) is 2.68. The van der Waals surface area contributed by atoms with Crippen molar-refractivity contribution in [3.63, 3.8) is 0 Å². The van der Waals surface area contributed by atoms with Crippen molar-refractivity contribution in [1.29, 1.82) is 0 Å². The highest BCUT2D eigenvalue weighted by atomic mass is 35.5. The molecule has 0 aliphatic rings. The van der Waals surface area contributed by atoms with E-state index in [1.54, 1.807) is 48.5 Å². The van der Waals surface area contributed by atoms with E-state index in [2.05, 4.69) is 10.5 Å². The van der Waals surface area contributed by atoms with Crippen LogP contribution in [-0.4, -0.2) is 12.1 Å². The van der Waals surface area contributed by atoms with Gasteiger partial charge in [-0.3, -0.25) is 4.79 Å². The van der Waals surface area contributed by atoms with E-state index in [1.165, 1.54) is 18.3 Å². The molecule has 0 heterocycles. The van der Waals surface area contributed by atoms with Crippen molar-refractivity contribution >= 4 is 23.7 Å².